The van der Waals surface area contributed by atoms with Gasteiger partial charge in [0.1, 0.15) is 17.5 Å². The Bertz CT molecular complexity index is 1360. The molecule has 2 aromatic carbocycles. The zero-order valence-corrected chi connectivity index (χ0v) is 18.8. The molecule has 2 amide bonds. The number of hydrogen-bond donors (Lipinski definition) is 1. The van der Waals surface area contributed by atoms with Crippen LogP contribution >= 0.6 is 0 Å². The van der Waals surface area contributed by atoms with Crippen LogP contribution in [0.1, 0.15) is 44.8 Å². The molecule has 1 N–H and O–H groups in total. The highest BCUT2D eigenvalue weighted by molar-refractivity contribution is 6.13. The minimum atomic E-state index is -2.87. The van der Waals surface area contributed by atoms with E-state index >= 15 is 0 Å². The van der Waals surface area contributed by atoms with Crippen LogP contribution in [0.3, 0.4) is 0 Å². The number of methoxy groups -OCH3 is 1. The summed E-state index contributed by atoms with van der Waals surface area (Å²) in [7, 11) is 1.43. The summed E-state index contributed by atoms with van der Waals surface area (Å²) in [6.45, 7) is 0.682. The third kappa shape index (κ3) is 3.99. The number of carbonyl (C=O) groups is 2. The van der Waals surface area contributed by atoms with Gasteiger partial charge in [-0.15, -0.1) is 0 Å². The molecule has 1 aromatic heterocycles. The topological polar surface area (TPSA) is 100 Å². The number of nitrogens with zero attached hydrogens (tertiary/aromatic N) is 4. The fraction of sp³-hybridized carbons (Fsp3) is 0.280. The fourth-order valence-corrected chi connectivity index (χ4v) is 4.22. The number of rotatable bonds is 6. The number of nitriles is 1. The second-order valence-electron chi connectivity index (χ2n) is 8.51. The summed E-state index contributed by atoms with van der Waals surface area (Å²) >= 11 is 0. The van der Waals surface area contributed by atoms with Gasteiger partial charge in [0.05, 0.1) is 31.1 Å². The highest BCUT2D eigenvalue weighted by Crippen LogP contribution is 2.49. The van der Waals surface area contributed by atoms with Gasteiger partial charge in [-0.05, 0) is 43.2 Å². The Morgan fingerprint density at radius 3 is 2.60 bits per heavy atom. The maximum Gasteiger partial charge on any atom is 0.278 e. The molecule has 0 unspecified atom stereocenters. The Hall–Kier alpha value is -4.26. The molecule has 5 rings (SSSR count). The number of ether oxygens (including phenoxy) is 1. The molecule has 2 aliphatic rings. The summed E-state index contributed by atoms with van der Waals surface area (Å²) in [6, 6.07) is 12.2. The number of hydrogen-bond acceptors (Lipinski definition) is 5. The molecule has 0 atom stereocenters. The predicted octanol–water partition coefficient (Wildman–Crippen LogP) is 4.18. The Kier molecular flexibility index (Phi) is 5.47. The van der Waals surface area contributed by atoms with Gasteiger partial charge in [-0.2, -0.15) is 10.4 Å². The number of benzene rings is 2. The van der Waals surface area contributed by atoms with Crippen molar-refractivity contribution in [1.29, 1.82) is 5.26 Å². The normalized spacial score (nSPS) is 15.4. The summed E-state index contributed by atoms with van der Waals surface area (Å²) in [6.07, 6.45) is 2.43. The number of halogens is 2. The van der Waals surface area contributed by atoms with Crippen LogP contribution in [0, 0.1) is 17.2 Å². The predicted molar refractivity (Wildman–Crippen MR) is 123 cm³/mol. The molecule has 0 spiro atoms. The third-order valence-corrected chi connectivity index (χ3v) is 6.31. The largest absolute Gasteiger partial charge is 0.495 e. The van der Waals surface area contributed by atoms with Crippen molar-refractivity contribution in [3.8, 4) is 11.8 Å². The van der Waals surface area contributed by atoms with Crippen molar-refractivity contribution in [2.75, 3.05) is 23.9 Å². The Morgan fingerprint density at radius 2 is 1.94 bits per heavy atom. The highest BCUT2D eigenvalue weighted by Gasteiger charge is 2.47. The van der Waals surface area contributed by atoms with E-state index < -0.39 is 23.7 Å². The maximum absolute atomic E-state index is 14.4. The van der Waals surface area contributed by atoms with Gasteiger partial charge in [-0.25, -0.2) is 8.78 Å². The minimum Gasteiger partial charge on any atom is -0.495 e. The van der Waals surface area contributed by atoms with Crippen LogP contribution in [0.2, 0.25) is 0 Å². The molecule has 1 aliphatic carbocycles. The maximum atomic E-state index is 14.4. The number of anilines is 2. The number of carbonyl (C=O) groups excluding carboxylic acids is 2. The summed E-state index contributed by atoms with van der Waals surface area (Å²) in [5.41, 5.74) is 1.26. The molecular weight excluding hydrogens is 456 g/mol. The van der Waals surface area contributed by atoms with Crippen molar-refractivity contribution in [1.82, 2.24) is 9.78 Å². The van der Waals surface area contributed by atoms with Crippen LogP contribution in [0.25, 0.3) is 0 Å². The van der Waals surface area contributed by atoms with Gasteiger partial charge < -0.3 is 15.0 Å². The lowest BCUT2D eigenvalue weighted by Gasteiger charge is -2.28. The van der Waals surface area contributed by atoms with Crippen LogP contribution < -0.4 is 15.0 Å². The van der Waals surface area contributed by atoms with Crippen LogP contribution in [-0.2, 0) is 12.5 Å². The van der Waals surface area contributed by atoms with Gasteiger partial charge in [0, 0.05) is 29.3 Å². The van der Waals surface area contributed by atoms with E-state index in [-0.39, 0.29) is 28.1 Å². The number of aromatic nitrogens is 2. The molecule has 0 saturated heterocycles. The zero-order valence-electron chi connectivity index (χ0n) is 18.8. The molecule has 8 nitrogen and oxygen atoms in total. The summed E-state index contributed by atoms with van der Waals surface area (Å²) in [5, 5.41) is 16.2. The molecule has 35 heavy (non-hydrogen) atoms. The first kappa shape index (κ1) is 22.5. The molecule has 0 bridgehead atoms. The van der Waals surface area contributed by atoms with E-state index in [2.05, 4.69) is 10.4 Å². The second kappa shape index (κ2) is 8.51. The molecule has 178 valence electrons. The van der Waals surface area contributed by atoms with E-state index in [0.29, 0.717) is 37.4 Å². The lowest BCUT2D eigenvalue weighted by molar-refractivity contribution is -0.0285. The second-order valence-corrected chi connectivity index (χ2v) is 8.51. The SMILES string of the molecule is COc1ccc(C(=O)Nc2cnn3c2C(=O)N(c2ccc(C(F)(F)C4CC4)cc2)CC3)cc1C#N. The third-order valence-electron chi connectivity index (χ3n) is 6.31. The van der Waals surface area contributed by atoms with Crippen molar-refractivity contribution in [2.24, 2.45) is 5.92 Å². The van der Waals surface area contributed by atoms with E-state index in [9.17, 15) is 23.6 Å². The van der Waals surface area contributed by atoms with Gasteiger partial charge in [-0.1, -0.05) is 12.1 Å². The minimum absolute atomic E-state index is 0.0533. The molecule has 1 aliphatic heterocycles. The highest BCUT2D eigenvalue weighted by atomic mass is 19.3. The Labute approximate surface area is 199 Å². The van der Waals surface area contributed by atoms with Gasteiger partial charge in [-0.3, -0.25) is 14.3 Å². The van der Waals surface area contributed by atoms with E-state index in [1.807, 2.05) is 6.07 Å². The first-order valence-corrected chi connectivity index (χ1v) is 11.1. The van der Waals surface area contributed by atoms with Gasteiger partial charge in [0.2, 0.25) is 0 Å². The first-order chi connectivity index (χ1) is 16.8. The molecule has 1 saturated carbocycles. The van der Waals surface area contributed by atoms with E-state index in [1.165, 1.54) is 65.4 Å². The molecule has 1 fully saturated rings. The quantitative estimate of drug-likeness (QED) is 0.574. The molecule has 0 radical (unpaired) electrons. The smallest absolute Gasteiger partial charge is 0.278 e. The monoisotopic (exact) mass is 477 g/mol. The van der Waals surface area contributed by atoms with Crippen molar-refractivity contribution >= 4 is 23.2 Å². The van der Waals surface area contributed by atoms with Crippen molar-refractivity contribution in [2.45, 2.75) is 25.3 Å². The number of alkyl halides is 2. The first-order valence-electron chi connectivity index (χ1n) is 11.1. The summed E-state index contributed by atoms with van der Waals surface area (Å²) < 4.78 is 35.4. The van der Waals surface area contributed by atoms with Crippen LogP contribution in [0.4, 0.5) is 20.2 Å². The van der Waals surface area contributed by atoms with Gasteiger partial charge in [0.25, 0.3) is 17.7 Å². The molecule has 10 heteroatoms. The van der Waals surface area contributed by atoms with Crippen molar-refractivity contribution < 1.29 is 23.1 Å². The number of nitrogens with one attached hydrogen (secondary N) is 1. The average Bonchev–Trinajstić information content (AvgIpc) is 3.66. The van der Waals surface area contributed by atoms with Crippen molar-refractivity contribution in [3.05, 3.63) is 71.0 Å². The zero-order chi connectivity index (χ0) is 24.7. The van der Waals surface area contributed by atoms with Gasteiger partial charge >= 0.3 is 0 Å². The standard InChI is InChI=1S/C25H21F2N5O3/c1-35-21-9-2-15(12-16(21)13-28)23(33)30-20-14-29-32-11-10-31(24(34)22(20)32)19-7-5-18(6-8-19)25(26,27)17-3-4-17/h2,5-9,12,14,17H,3-4,10-11H2,1H3,(H,30,33). The summed E-state index contributed by atoms with van der Waals surface area (Å²) in [4.78, 5) is 27.6. The van der Waals surface area contributed by atoms with E-state index in [1.54, 1.807) is 0 Å². The van der Waals surface area contributed by atoms with Crippen LogP contribution in [0.15, 0.2) is 48.7 Å². The molecular formula is C25H21F2N5O3. The summed E-state index contributed by atoms with van der Waals surface area (Å²) in [5.74, 6) is -4.05. The average molecular weight is 477 g/mol. The lowest BCUT2D eigenvalue weighted by atomic mass is 10.0. The van der Waals surface area contributed by atoms with Gasteiger partial charge in [0.15, 0.2) is 0 Å². The number of fused-ring (bicyclic) bond motifs is 1. The molecule has 3 aromatic rings. The van der Waals surface area contributed by atoms with E-state index in [4.69, 9.17) is 4.74 Å². The van der Waals surface area contributed by atoms with Crippen LogP contribution in [0.5, 0.6) is 5.75 Å². The molecule has 2 heterocycles. The number of amides is 2. The van der Waals surface area contributed by atoms with Crippen LogP contribution in [-0.4, -0.2) is 35.2 Å². The lowest BCUT2D eigenvalue weighted by Crippen LogP contribution is -2.41. The fourth-order valence-electron chi connectivity index (χ4n) is 4.22. The van der Waals surface area contributed by atoms with Crippen molar-refractivity contribution in [3.63, 3.8) is 0 Å². The Morgan fingerprint density at radius 1 is 1.20 bits per heavy atom. The van der Waals surface area contributed by atoms with E-state index in [0.717, 1.165) is 0 Å². The Balaban J connectivity index is 1.37.